The number of aromatic hydroxyl groups is 1. The fourth-order valence-electron chi connectivity index (χ4n) is 1.47. The number of para-hydroxylation sites is 4. The van der Waals surface area contributed by atoms with Crippen LogP contribution in [-0.4, -0.2) is 11.7 Å². The van der Waals surface area contributed by atoms with Gasteiger partial charge in [-0.15, -0.1) is 0 Å². The maximum Gasteiger partial charge on any atom is 0.169 e. The van der Waals surface area contributed by atoms with Crippen molar-refractivity contribution in [2.45, 2.75) is 6.92 Å². The molecule has 0 aliphatic rings. The Balaban J connectivity index is 2.27. The monoisotopic (exact) mass is 230 g/mol. The molecule has 2 aromatic carbocycles. The average Bonchev–Trinajstić information content (AvgIpc) is 2.35. The fraction of sp³-hybridized carbons (Fsp3) is 0.143. The predicted octanol–water partition coefficient (Wildman–Crippen LogP) is 3.58. The highest BCUT2D eigenvalue weighted by Gasteiger charge is 2.07. The molecular formula is C14H14O3. The number of hydrogen-bond donors (Lipinski definition) is 1. The van der Waals surface area contributed by atoms with E-state index in [0.29, 0.717) is 23.9 Å². The van der Waals surface area contributed by atoms with E-state index in [1.807, 2.05) is 25.1 Å². The SMILES string of the molecule is CCOc1ccccc1Oc1ccccc1O. The van der Waals surface area contributed by atoms with Crippen LogP contribution in [0.4, 0.5) is 0 Å². The zero-order chi connectivity index (χ0) is 12.1. The third-order valence-corrected chi connectivity index (χ3v) is 2.23. The van der Waals surface area contributed by atoms with E-state index in [4.69, 9.17) is 9.47 Å². The molecule has 0 saturated carbocycles. The summed E-state index contributed by atoms with van der Waals surface area (Å²) in [6.07, 6.45) is 0. The molecule has 0 aliphatic carbocycles. The lowest BCUT2D eigenvalue weighted by atomic mass is 10.3. The Morgan fingerprint density at radius 3 is 2.12 bits per heavy atom. The molecule has 2 rings (SSSR count). The molecule has 3 nitrogen and oxygen atoms in total. The third kappa shape index (κ3) is 2.69. The van der Waals surface area contributed by atoms with Gasteiger partial charge in [-0.1, -0.05) is 24.3 Å². The molecule has 2 aromatic rings. The van der Waals surface area contributed by atoms with Crippen LogP contribution in [0.1, 0.15) is 6.92 Å². The minimum absolute atomic E-state index is 0.110. The Kier molecular flexibility index (Phi) is 3.50. The molecule has 0 heterocycles. The van der Waals surface area contributed by atoms with E-state index < -0.39 is 0 Å². The fourth-order valence-corrected chi connectivity index (χ4v) is 1.47. The standard InChI is InChI=1S/C14H14O3/c1-2-16-13-9-5-6-10-14(13)17-12-8-4-3-7-11(12)15/h3-10,15H,2H2,1H3. The van der Waals surface area contributed by atoms with Crippen molar-refractivity contribution in [3.05, 3.63) is 48.5 Å². The Morgan fingerprint density at radius 1 is 0.882 bits per heavy atom. The molecule has 0 amide bonds. The van der Waals surface area contributed by atoms with Gasteiger partial charge in [0.05, 0.1) is 6.61 Å². The van der Waals surface area contributed by atoms with E-state index in [1.54, 1.807) is 30.3 Å². The summed E-state index contributed by atoms with van der Waals surface area (Å²) in [6.45, 7) is 2.48. The normalized spacial score (nSPS) is 9.94. The van der Waals surface area contributed by atoms with Gasteiger partial charge in [-0.2, -0.15) is 0 Å². The molecule has 0 unspecified atom stereocenters. The van der Waals surface area contributed by atoms with Crippen molar-refractivity contribution in [3.63, 3.8) is 0 Å². The second-order valence-electron chi connectivity index (χ2n) is 3.45. The molecule has 17 heavy (non-hydrogen) atoms. The Morgan fingerprint density at radius 2 is 1.47 bits per heavy atom. The maximum absolute atomic E-state index is 9.63. The molecule has 0 fully saturated rings. The van der Waals surface area contributed by atoms with Crippen molar-refractivity contribution in [2.75, 3.05) is 6.61 Å². The van der Waals surface area contributed by atoms with Gasteiger partial charge in [-0.25, -0.2) is 0 Å². The summed E-state index contributed by atoms with van der Waals surface area (Å²) in [6, 6.07) is 14.2. The van der Waals surface area contributed by atoms with Gasteiger partial charge in [0.1, 0.15) is 0 Å². The summed E-state index contributed by atoms with van der Waals surface area (Å²) in [5.74, 6) is 1.78. The first-order chi connectivity index (χ1) is 8.31. The minimum atomic E-state index is 0.110. The van der Waals surface area contributed by atoms with Gasteiger partial charge in [0.25, 0.3) is 0 Å². The van der Waals surface area contributed by atoms with E-state index in [1.165, 1.54) is 0 Å². The minimum Gasteiger partial charge on any atom is -0.504 e. The predicted molar refractivity (Wildman–Crippen MR) is 65.8 cm³/mol. The first-order valence-electron chi connectivity index (χ1n) is 5.49. The van der Waals surface area contributed by atoms with Crippen LogP contribution in [-0.2, 0) is 0 Å². The smallest absolute Gasteiger partial charge is 0.169 e. The summed E-state index contributed by atoms with van der Waals surface area (Å²) < 4.78 is 11.1. The van der Waals surface area contributed by atoms with E-state index in [0.717, 1.165) is 0 Å². The first-order valence-corrected chi connectivity index (χ1v) is 5.49. The van der Waals surface area contributed by atoms with Crippen molar-refractivity contribution in [3.8, 4) is 23.0 Å². The quantitative estimate of drug-likeness (QED) is 0.872. The third-order valence-electron chi connectivity index (χ3n) is 2.23. The molecule has 0 atom stereocenters. The lowest BCUT2D eigenvalue weighted by molar-refractivity contribution is 0.318. The second-order valence-corrected chi connectivity index (χ2v) is 3.45. The molecular weight excluding hydrogens is 216 g/mol. The highest BCUT2D eigenvalue weighted by molar-refractivity contribution is 5.46. The highest BCUT2D eigenvalue weighted by Crippen LogP contribution is 2.35. The Hall–Kier alpha value is -2.16. The Bertz CT molecular complexity index is 494. The molecule has 0 saturated heterocycles. The maximum atomic E-state index is 9.63. The molecule has 0 radical (unpaired) electrons. The zero-order valence-electron chi connectivity index (χ0n) is 9.59. The van der Waals surface area contributed by atoms with Crippen LogP contribution in [0.25, 0.3) is 0 Å². The molecule has 0 aromatic heterocycles. The number of phenolic OH excluding ortho intramolecular Hbond substituents is 1. The highest BCUT2D eigenvalue weighted by atomic mass is 16.5. The second kappa shape index (κ2) is 5.25. The molecule has 88 valence electrons. The van der Waals surface area contributed by atoms with Gasteiger partial charge in [0.15, 0.2) is 23.0 Å². The largest absolute Gasteiger partial charge is 0.504 e. The topological polar surface area (TPSA) is 38.7 Å². The van der Waals surface area contributed by atoms with Crippen LogP contribution >= 0.6 is 0 Å². The average molecular weight is 230 g/mol. The summed E-state index contributed by atoms with van der Waals surface area (Å²) >= 11 is 0. The molecule has 0 bridgehead atoms. The van der Waals surface area contributed by atoms with E-state index in [2.05, 4.69) is 0 Å². The zero-order valence-corrected chi connectivity index (χ0v) is 9.59. The summed E-state index contributed by atoms with van der Waals surface area (Å²) in [5.41, 5.74) is 0. The van der Waals surface area contributed by atoms with Crippen molar-refractivity contribution in [1.82, 2.24) is 0 Å². The van der Waals surface area contributed by atoms with Gasteiger partial charge in [-0.3, -0.25) is 0 Å². The van der Waals surface area contributed by atoms with Crippen LogP contribution in [0.2, 0.25) is 0 Å². The van der Waals surface area contributed by atoms with Gasteiger partial charge in [-0.05, 0) is 31.2 Å². The van der Waals surface area contributed by atoms with E-state index in [9.17, 15) is 5.11 Å². The number of benzene rings is 2. The van der Waals surface area contributed by atoms with Crippen LogP contribution in [0.3, 0.4) is 0 Å². The van der Waals surface area contributed by atoms with Crippen molar-refractivity contribution >= 4 is 0 Å². The number of hydrogen-bond acceptors (Lipinski definition) is 3. The van der Waals surface area contributed by atoms with Crippen molar-refractivity contribution in [2.24, 2.45) is 0 Å². The van der Waals surface area contributed by atoms with Crippen LogP contribution in [0, 0.1) is 0 Å². The summed E-state index contributed by atoms with van der Waals surface area (Å²) in [4.78, 5) is 0. The summed E-state index contributed by atoms with van der Waals surface area (Å²) in [5, 5.41) is 9.63. The van der Waals surface area contributed by atoms with Crippen LogP contribution in [0.15, 0.2) is 48.5 Å². The number of rotatable bonds is 4. The van der Waals surface area contributed by atoms with Gasteiger partial charge < -0.3 is 14.6 Å². The molecule has 3 heteroatoms. The molecule has 0 spiro atoms. The van der Waals surface area contributed by atoms with Gasteiger partial charge in [0, 0.05) is 0 Å². The first kappa shape index (κ1) is 11.3. The van der Waals surface area contributed by atoms with E-state index >= 15 is 0 Å². The van der Waals surface area contributed by atoms with Gasteiger partial charge >= 0.3 is 0 Å². The van der Waals surface area contributed by atoms with Gasteiger partial charge in [0.2, 0.25) is 0 Å². The lowest BCUT2D eigenvalue weighted by Crippen LogP contribution is -1.94. The number of ether oxygens (including phenoxy) is 2. The van der Waals surface area contributed by atoms with Crippen LogP contribution < -0.4 is 9.47 Å². The Labute approximate surface area is 100 Å². The molecule has 1 N–H and O–H groups in total. The molecule has 0 aliphatic heterocycles. The van der Waals surface area contributed by atoms with Crippen LogP contribution in [0.5, 0.6) is 23.0 Å². The van der Waals surface area contributed by atoms with Crippen molar-refractivity contribution in [1.29, 1.82) is 0 Å². The van der Waals surface area contributed by atoms with E-state index in [-0.39, 0.29) is 5.75 Å². The lowest BCUT2D eigenvalue weighted by Gasteiger charge is -2.11. The number of phenols is 1. The van der Waals surface area contributed by atoms with Crippen molar-refractivity contribution < 1.29 is 14.6 Å². The summed E-state index contributed by atoms with van der Waals surface area (Å²) in [7, 11) is 0.